The molecule has 140 valence electrons. The molecule has 0 bridgehead atoms. The zero-order valence-electron chi connectivity index (χ0n) is 16.4. The Morgan fingerprint density at radius 1 is 1.08 bits per heavy atom. The molecule has 1 aromatic rings. The molecule has 1 heterocycles. The second-order valence-corrected chi connectivity index (χ2v) is 8.63. The van der Waals surface area contributed by atoms with E-state index in [2.05, 4.69) is 24.9 Å². The molecule has 3 nitrogen and oxygen atoms in total. The molecule has 0 aliphatic heterocycles. The third-order valence-corrected chi connectivity index (χ3v) is 6.85. The monoisotopic (exact) mass is 345 g/mol. The van der Waals surface area contributed by atoms with Crippen molar-refractivity contribution in [2.24, 2.45) is 11.3 Å². The van der Waals surface area contributed by atoms with Crippen LogP contribution in [0.25, 0.3) is 0 Å². The van der Waals surface area contributed by atoms with E-state index in [0.29, 0.717) is 6.61 Å². The number of hydrogen-bond donors (Lipinski definition) is 0. The van der Waals surface area contributed by atoms with Gasteiger partial charge in [0.2, 0.25) is 0 Å². The van der Waals surface area contributed by atoms with Gasteiger partial charge in [-0.2, -0.15) is 0 Å². The summed E-state index contributed by atoms with van der Waals surface area (Å²) < 4.78 is 12.1. The number of ether oxygens (including phenoxy) is 2. The Bertz CT molecular complexity index is 543. The number of methoxy groups -OCH3 is 1. The quantitative estimate of drug-likeness (QED) is 0.641. The molecule has 3 rings (SSSR count). The first-order chi connectivity index (χ1) is 12.1. The smallest absolute Gasteiger partial charge is 0.123 e. The molecule has 0 amide bonds. The van der Waals surface area contributed by atoms with E-state index in [1.165, 1.54) is 64.2 Å². The number of rotatable bonds is 6. The molecule has 0 saturated heterocycles. The van der Waals surface area contributed by atoms with Gasteiger partial charge in [0.15, 0.2) is 0 Å². The van der Waals surface area contributed by atoms with Crippen LogP contribution in [0.2, 0.25) is 0 Å². The minimum Gasteiger partial charge on any atom is -0.487 e. The number of hydrogen-bond acceptors (Lipinski definition) is 3. The Hall–Kier alpha value is -1.09. The maximum absolute atomic E-state index is 6.85. The molecule has 2 fully saturated rings. The van der Waals surface area contributed by atoms with Crippen LogP contribution >= 0.6 is 0 Å². The van der Waals surface area contributed by atoms with E-state index in [0.717, 1.165) is 17.4 Å². The molecule has 1 aromatic heterocycles. The highest BCUT2D eigenvalue weighted by Crippen LogP contribution is 2.52. The Balaban J connectivity index is 1.86. The van der Waals surface area contributed by atoms with Crippen LogP contribution in [-0.2, 0) is 11.3 Å². The summed E-state index contributed by atoms with van der Waals surface area (Å²) >= 11 is 0. The molecule has 2 saturated carbocycles. The Labute approximate surface area is 153 Å². The molecule has 25 heavy (non-hydrogen) atoms. The van der Waals surface area contributed by atoms with Gasteiger partial charge < -0.3 is 9.47 Å². The van der Waals surface area contributed by atoms with Crippen molar-refractivity contribution >= 4 is 0 Å². The molecule has 0 unspecified atom stereocenters. The van der Waals surface area contributed by atoms with Gasteiger partial charge in [-0.15, -0.1) is 0 Å². The maximum Gasteiger partial charge on any atom is 0.123 e. The molecule has 0 radical (unpaired) electrons. The summed E-state index contributed by atoms with van der Waals surface area (Å²) in [6, 6.07) is 4.09. The maximum atomic E-state index is 6.85. The molecule has 0 N–H and O–H groups in total. The van der Waals surface area contributed by atoms with Crippen LogP contribution in [0, 0.1) is 11.3 Å². The molecule has 0 spiro atoms. The van der Waals surface area contributed by atoms with Crippen molar-refractivity contribution in [2.45, 2.75) is 90.3 Å². The van der Waals surface area contributed by atoms with E-state index in [-0.39, 0.29) is 11.0 Å². The van der Waals surface area contributed by atoms with E-state index < -0.39 is 0 Å². The van der Waals surface area contributed by atoms with Gasteiger partial charge in [0, 0.05) is 24.8 Å². The molecule has 0 atom stereocenters. The van der Waals surface area contributed by atoms with Crippen molar-refractivity contribution in [1.82, 2.24) is 4.98 Å². The van der Waals surface area contributed by atoms with Crippen molar-refractivity contribution in [3.05, 3.63) is 24.0 Å². The van der Waals surface area contributed by atoms with E-state index in [4.69, 9.17) is 9.47 Å². The van der Waals surface area contributed by atoms with Crippen molar-refractivity contribution < 1.29 is 9.47 Å². The van der Waals surface area contributed by atoms with Crippen LogP contribution in [0.15, 0.2) is 18.3 Å². The molecule has 2 aliphatic carbocycles. The highest BCUT2D eigenvalue weighted by molar-refractivity contribution is 5.24. The van der Waals surface area contributed by atoms with E-state index in [1.807, 2.05) is 12.3 Å². The molecular weight excluding hydrogens is 310 g/mol. The Morgan fingerprint density at radius 3 is 2.44 bits per heavy atom. The first-order valence-corrected chi connectivity index (χ1v) is 10.2. The standard InChI is InChI=1S/C22H35NO2/c1-21(2,18-10-6-4-7-11-18)22(13-8-5-9-14-22)25-20-12-15-23-19(16-20)17-24-3/h12,15-16,18H,4-11,13-14,17H2,1-3H3. The van der Waals surface area contributed by atoms with E-state index >= 15 is 0 Å². The lowest BCUT2D eigenvalue weighted by Gasteiger charge is -2.53. The summed E-state index contributed by atoms with van der Waals surface area (Å²) in [4.78, 5) is 4.39. The minimum absolute atomic E-state index is 0.0427. The second kappa shape index (κ2) is 8.07. The van der Waals surface area contributed by atoms with Crippen LogP contribution < -0.4 is 4.74 Å². The minimum atomic E-state index is -0.0427. The summed E-state index contributed by atoms with van der Waals surface area (Å²) in [7, 11) is 1.71. The summed E-state index contributed by atoms with van der Waals surface area (Å²) in [5.74, 6) is 1.74. The molecule has 3 heteroatoms. The first kappa shape index (κ1) is 18.7. The zero-order chi connectivity index (χ0) is 17.8. The van der Waals surface area contributed by atoms with Gasteiger partial charge in [-0.25, -0.2) is 0 Å². The van der Waals surface area contributed by atoms with Crippen LogP contribution in [-0.4, -0.2) is 17.7 Å². The highest BCUT2D eigenvalue weighted by Gasteiger charge is 2.51. The summed E-state index contributed by atoms with van der Waals surface area (Å²) in [5.41, 5.74) is 1.11. The lowest BCUT2D eigenvalue weighted by atomic mass is 9.58. The topological polar surface area (TPSA) is 31.4 Å². The van der Waals surface area contributed by atoms with Gasteiger partial charge in [0.05, 0.1) is 12.3 Å². The molecule has 0 aromatic carbocycles. The first-order valence-electron chi connectivity index (χ1n) is 10.2. The van der Waals surface area contributed by atoms with Crippen LogP contribution in [0.5, 0.6) is 5.75 Å². The molecular formula is C22H35NO2. The average Bonchev–Trinajstić information content (AvgIpc) is 2.64. The molecule has 2 aliphatic rings. The lowest BCUT2D eigenvalue weighted by molar-refractivity contribution is -0.106. The van der Waals surface area contributed by atoms with Gasteiger partial charge >= 0.3 is 0 Å². The predicted octanol–water partition coefficient (Wildman–Crippen LogP) is 5.92. The average molecular weight is 346 g/mol. The second-order valence-electron chi connectivity index (χ2n) is 8.63. The normalized spacial score (nSPS) is 21.9. The SMILES string of the molecule is COCc1cc(OC2(C(C)(C)C3CCCCC3)CCCCC2)ccn1. The van der Waals surface area contributed by atoms with Gasteiger partial charge in [-0.05, 0) is 50.5 Å². The lowest BCUT2D eigenvalue weighted by Crippen LogP contribution is -2.54. The van der Waals surface area contributed by atoms with E-state index in [1.54, 1.807) is 7.11 Å². The summed E-state index contributed by atoms with van der Waals surface area (Å²) in [5, 5.41) is 0. The highest BCUT2D eigenvalue weighted by atomic mass is 16.5. The van der Waals surface area contributed by atoms with Gasteiger partial charge in [-0.1, -0.05) is 39.5 Å². The fourth-order valence-electron chi connectivity index (χ4n) is 5.17. The van der Waals surface area contributed by atoms with Gasteiger partial charge in [-0.3, -0.25) is 4.98 Å². The van der Waals surface area contributed by atoms with Crippen LogP contribution in [0.1, 0.15) is 83.7 Å². The number of pyridine rings is 1. The number of nitrogens with zero attached hydrogens (tertiary/aromatic N) is 1. The van der Waals surface area contributed by atoms with Crippen molar-refractivity contribution in [1.29, 1.82) is 0 Å². The summed E-state index contributed by atoms with van der Waals surface area (Å²) in [6.45, 7) is 5.49. The zero-order valence-corrected chi connectivity index (χ0v) is 16.4. The van der Waals surface area contributed by atoms with Crippen molar-refractivity contribution in [2.75, 3.05) is 7.11 Å². The van der Waals surface area contributed by atoms with Gasteiger partial charge in [0.1, 0.15) is 11.4 Å². The fourth-order valence-corrected chi connectivity index (χ4v) is 5.17. The third-order valence-electron chi connectivity index (χ3n) is 6.85. The predicted molar refractivity (Wildman–Crippen MR) is 102 cm³/mol. The summed E-state index contributed by atoms with van der Waals surface area (Å²) in [6.07, 6.45) is 15.0. The van der Waals surface area contributed by atoms with Crippen molar-refractivity contribution in [3.63, 3.8) is 0 Å². The third kappa shape index (κ3) is 4.02. The number of aromatic nitrogens is 1. The Kier molecular flexibility index (Phi) is 6.04. The Morgan fingerprint density at radius 2 is 1.76 bits per heavy atom. The van der Waals surface area contributed by atoms with E-state index in [9.17, 15) is 0 Å². The fraction of sp³-hybridized carbons (Fsp3) is 0.773. The van der Waals surface area contributed by atoms with Crippen LogP contribution in [0.3, 0.4) is 0 Å². The van der Waals surface area contributed by atoms with Gasteiger partial charge in [0.25, 0.3) is 0 Å². The van der Waals surface area contributed by atoms with Crippen molar-refractivity contribution in [3.8, 4) is 5.75 Å². The largest absolute Gasteiger partial charge is 0.487 e. The van der Waals surface area contributed by atoms with Crippen LogP contribution in [0.4, 0.5) is 0 Å².